The van der Waals surface area contributed by atoms with Crippen LogP contribution in [0.25, 0.3) is 0 Å². The number of hydrogen-bond acceptors (Lipinski definition) is 3. The second kappa shape index (κ2) is 3.82. The van der Waals surface area contributed by atoms with Crippen molar-refractivity contribution in [2.75, 3.05) is 0 Å². The van der Waals surface area contributed by atoms with Gasteiger partial charge in [0.15, 0.2) is 7.11 Å². The second-order valence-electron chi connectivity index (χ2n) is 2.17. The molecule has 0 aromatic heterocycles. The molecule has 3 radical (unpaired) electrons. The van der Waals surface area contributed by atoms with Crippen LogP contribution < -0.4 is 0 Å². The van der Waals surface area contributed by atoms with Gasteiger partial charge >= 0.3 is 6.23 Å². The zero-order valence-electron chi connectivity index (χ0n) is 6.14. The maximum atomic E-state index is 10.3. The number of hydrogen-bond donors (Lipinski definition) is 0. The number of nitrogens with zero attached hydrogens (tertiary/aromatic N) is 1. The monoisotopic (exact) mass is 164 g/mol. The van der Waals surface area contributed by atoms with Crippen LogP contribution in [0.5, 0.6) is 0 Å². The summed E-state index contributed by atoms with van der Waals surface area (Å²) in [5.41, 5.74) is 0.373. The van der Waals surface area contributed by atoms with Crippen LogP contribution >= 0.6 is 0 Å². The predicted octanol–water partition coefficient (Wildman–Crippen LogP) is 1.52. The topological polar surface area (TPSA) is 52.4 Å². The number of rotatable bonds is 3. The molecular weight excluding hydrogens is 158 g/mol. The molecule has 4 nitrogen and oxygen atoms in total. The fourth-order valence-electron chi connectivity index (χ4n) is 0.850. The molecule has 0 fully saturated rings. The van der Waals surface area contributed by atoms with Crippen molar-refractivity contribution in [2.45, 2.75) is 6.23 Å². The Morgan fingerprint density at radius 1 is 1.42 bits per heavy atom. The zero-order chi connectivity index (χ0) is 8.97. The Balaban J connectivity index is 2.88. The Morgan fingerprint density at radius 2 is 2.00 bits per heavy atom. The molecule has 0 saturated carbocycles. The van der Waals surface area contributed by atoms with Gasteiger partial charge in [-0.15, -0.1) is 0 Å². The quantitative estimate of drug-likeness (QED) is 0.386. The normalized spacial score (nSPS) is 12.4. The molecule has 1 unspecified atom stereocenters. The number of ether oxygens (including phenoxy) is 1. The third kappa shape index (κ3) is 1.79. The second-order valence-corrected chi connectivity index (χ2v) is 2.17. The van der Waals surface area contributed by atoms with E-state index in [1.165, 1.54) is 0 Å². The number of benzene rings is 1. The molecule has 61 valence electrons. The highest BCUT2D eigenvalue weighted by molar-refractivity contribution is 5.15. The molecule has 0 aliphatic rings. The lowest BCUT2D eigenvalue weighted by Crippen LogP contribution is -2.11. The molecule has 0 saturated heterocycles. The molecule has 1 rings (SSSR count). The van der Waals surface area contributed by atoms with Gasteiger partial charge in [0.2, 0.25) is 0 Å². The van der Waals surface area contributed by atoms with Crippen molar-refractivity contribution in [3.63, 3.8) is 0 Å². The van der Waals surface area contributed by atoms with Crippen LogP contribution in [0.1, 0.15) is 11.8 Å². The highest BCUT2D eigenvalue weighted by Crippen LogP contribution is 2.16. The minimum atomic E-state index is -1.38. The summed E-state index contributed by atoms with van der Waals surface area (Å²) in [4.78, 5) is 9.64. The first-order valence-corrected chi connectivity index (χ1v) is 3.26. The van der Waals surface area contributed by atoms with Gasteiger partial charge in [0, 0.05) is 0 Å². The van der Waals surface area contributed by atoms with Crippen molar-refractivity contribution < 1.29 is 9.66 Å². The van der Waals surface area contributed by atoms with E-state index in [1.54, 1.807) is 30.3 Å². The molecule has 1 aromatic carbocycles. The van der Waals surface area contributed by atoms with Gasteiger partial charge in [-0.3, -0.25) is 14.9 Å². The van der Waals surface area contributed by atoms with Crippen molar-refractivity contribution in [1.82, 2.24) is 0 Å². The summed E-state index contributed by atoms with van der Waals surface area (Å²) >= 11 is 0. The first-order valence-electron chi connectivity index (χ1n) is 3.26. The summed E-state index contributed by atoms with van der Waals surface area (Å²) in [6.45, 7) is 0. The predicted molar refractivity (Wildman–Crippen MR) is 40.5 cm³/mol. The molecule has 12 heavy (non-hydrogen) atoms. The van der Waals surface area contributed by atoms with E-state index < -0.39 is 11.2 Å². The molecule has 0 N–H and O–H groups in total. The standard InChI is InChI=1S/C8H6NO3/c1-12-8(9(10)11)7-5-3-2-4-6-7/h2-6,8H. The van der Waals surface area contributed by atoms with Gasteiger partial charge in [0.1, 0.15) is 0 Å². The SMILES string of the molecule is [C]OC(c1ccccc1)[N+](=O)[O-]. The summed E-state index contributed by atoms with van der Waals surface area (Å²) in [5, 5.41) is 10.3. The highest BCUT2D eigenvalue weighted by atomic mass is 16.7. The lowest BCUT2D eigenvalue weighted by molar-refractivity contribution is -0.578. The Labute approximate surface area is 69.9 Å². The zero-order valence-corrected chi connectivity index (χ0v) is 6.14. The van der Waals surface area contributed by atoms with Crippen molar-refractivity contribution >= 4 is 0 Å². The van der Waals surface area contributed by atoms with Crippen LogP contribution in [0.4, 0.5) is 0 Å². The molecule has 1 aromatic rings. The molecule has 4 heteroatoms. The fourth-order valence-corrected chi connectivity index (χ4v) is 0.850. The van der Waals surface area contributed by atoms with Crippen LogP contribution in [0.15, 0.2) is 30.3 Å². The van der Waals surface area contributed by atoms with Crippen molar-refractivity contribution in [2.24, 2.45) is 0 Å². The molecule has 0 heterocycles. The van der Waals surface area contributed by atoms with Gasteiger partial charge in [-0.2, -0.15) is 0 Å². The fraction of sp³-hybridized carbons (Fsp3) is 0.125. The maximum Gasteiger partial charge on any atom is 0.342 e. The van der Waals surface area contributed by atoms with Gasteiger partial charge < -0.3 is 0 Å². The van der Waals surface area contributed by atoms with Gasteiger partial charge in [0.05, 0.1) is 10.5 Å². The van der Waals surface area contributed by atoms with Gasteiger partial charge in [-0.1, -0.05) is 18.2 Å². The lowest BCUT2D eigenvalue weighted by Gasteiger charge is -2.05. The smallest absolute Gasteiger partial charge is 0.297 e. The molecule has 0 aliphatic heterocycles. The van der Waals surface area contributed by atoms with E-state index in [0.717, 1.165) is 0 Å². The van der Waals surface area contributed by atoms with E-state index in [2.05, 4.69) is 4.74 Å². The Bertz CT molecular complexity index is 260. The molecule has 0 aliphatic carbocycles. The molecule has 0 amide bonds. The van der Waals surface area contributed by atoms with E-state index in [9.17, 15) is 10.1 Å². The van der Waals surface area contributed by atoms with Crippen LogP contribution in [-0.4, -0.2) is 4.92 Å². The van der Waals surface area contributed by atoms with E-state index in [4.69, 9.17) is 7.11 Å². The van der Waals surface area contributed by atoms with Gasteiger partial charge in [-0.05, 0) is 12.1 Å². The lowest BCUT2D eigenvalue weighted by atomic mass is 10.2. The first-order chi connectivity index (χ1) is 5.75. The third-order valence-corrected chi connectivity index (χ3v) is 1.39. The Hall–Kier alpha value is -1.42. The average Bonchev–Trinajstić information content (AvgIpc) is 2.07. The van der Waals surface area contributed by atoms with E-state index in [-0.39, 0.29) is 0 Å². The number of nitro groups is 1. The summed E-state index contributed by atoms with van der Waals surface area (Å²) in [7, 11) is 6.49. The first kappa shape index (κ1) is 8.67. The van der Waals surface area contributed by atoms with Crippen LogP contribution in [0, 0.1) is 17.2 Å². The van der Waals surface area contributed by atoms with E-state index >= 15 is 0 Å². The van der Waals surface area contributed by atoms with Crippen molar-refractivity contribution in [3.05, 3.63) is 53.1 Å². The summed E-state index contributed by atoms with van der Waals surface area (Å²) < 4.78 is 3.95. The average molecular weight is 164 g/mol. The summed E-state index contributed by atoms with van der Waals surface area (Å²) in [6.07, 6.45) is -1.38. The molecule has 1 atom stereocenters. The summed E-state index contributed by atoms with van der Waals surface area (Å²) in [5.74, 6) is 0. The third-order valence-electron chi connectivity index (χ3n) is 1.39. The molecule has 0 spiro atoms. The van der Waals surface area contributed by atoms with Gasteiger partial charge in [-0.25, -0.2) is 0 Å². The Morgan fingerprint density at radius 3 is 2.42 bits per heavy atom. The van der Waals surface area contributed by atoms with E-state index in [0.29, 0.717) is 5.56 Å². The van der Waals surface area contributed by atoms with E-state index in [1.807, 2.05) is 0 Å². The van der Waals surface area contributed by atoms with Crippen LogP contribution in [-0.2, 0) is 4.74 Å². The largest absolute Gasteiger partial charge is 0.342 e. The van der Waals surface area contributed by atoms with Crippen molar-refractivity contribution in [3.8, 4) is 0 Å². The molecular formula is C8H6NO3. The van der Waals surface area contributed by atoms with Crippen LogP contribution in [0.3, 0.4) is 0 Å². The maximum absolute atomic E-state index is 10.3. The minimum absolute atomic E-state index is 0.373. The highest BCUT2D eigenvalue weighted by Gasteiger charge is 2.20. The van der Waals surface area contributed by atoms with Gasteiger partial charge in [0.25, 0.3) is 0 Å². The molecule has 0 bridgehead atoms. The van der Waals surface area contributed by atoms with Crippen LogP contribution in [0.2, 0.25) is 0 Å². The Kier molecular flexibility index (Phi) is 2.76. The summed E-state index contributed by atoms with van der Waals surface area (Å²) in [6, 6.07) is 8.14. The van der Waals surface area contributed by atoms with Crippen molar-refractivity contribution in [1.29, 1.82) is 0 Å². The minimum Gasteiger partial charge on any atom is -0.297 e.